The number of hydrogen-bond acceptors (Lipinski definition) is 2. The molecule has 0 aliphatic carbocycles. The number of carbonyl (C=O) groups excluding carboxylic acids is 1. The van der Waals surface area contributed by atoms with E-state index in [0.717, 1.165) is 0 Å². The van der Waals surface area contributed by atoms with Gasteiger partial charge in [0.2, 0.25) is 0 Å². The van der Waals surface area contributed by atoms with Crippen molar-refractivity contribution in [3.05, 3.63) is 0 Å². The predicted octanol–water partition coefficient (Wildman–Crippen LogP) is 0.621. The van der Waals surface area contributed by atoms with Gasteiger partial charge in [-0.1, -0.05) is 6.92 Å². The molecular weight excluding hydrogens is 184 g/mol. The van der Waals surface area contributed by atoms with E-state index in [9.17, 15) is 18.4 Å². The number of rotatable bonds is 4. The summed E-state index contributed by atoms with van der Waals surface area (Å²) in [5.41, 5.74) is -1.62. The van der Waals surface area contributed by atoms with Crippen LogP contribution in [0.25, 0.3) is 0 Å². The van der Waals surface area contributed by atoms with Crippen molar-refractivity contribution in [3.63, 3.8) is 0 Å². The molecule has 13 heavy (non-hydrogen) atoms. The molecule has 0 spiro atoms. The van der Waals surface area contributed by atoms with E-state index in [4.69, 9.17) is 5.11 Å². The van der Waals surface area contributed by atoms with Crippen LogP contribution in [0.2, 0.25) is 0 Å². The fourth-order valence-electron chi connectivity index (χ4n) is 0.620. The minimum absolute atomic E-state index is 0.0425. The third-order valence-corrected chi connectivity index (χ3v) is 1.78. The lowest BCUT2D eigenvalue weighted by atomic mass is 9.99. The highest BCUT2D eigenvalue weighted by atomic mass is 19.3. The molecule has 0 aromatic rings. The van der Waals surface area contributed by atoms with Gasteiger partial charge >= 0.3 is 12.4 Å². The first kappa shape index (κ1) is 11.8. The minimum Gasteiger partial charge on any atom is -0.480 e. The number of halogens is 2. The second kappa shape index (κ2) is 4.15. The van der Waals surface area contributed by atoms with Gasteiger partial charge in [-0.3, -0.25) is 4.79 Å². The van der Waals surface area contributed by atoms with E-state index in [2.05, 4.69) is 0 Å². The molecule has 0 heterocycles. The van der Waals surface area contributed by atoms with Gasteiger partial charge in [0.15, 0.2) is 0 Å². The van der Waals surface area contributed by atoms with Gasteiger partial charge in [-0.25, -0.2) is 4.79 Å². The summed E-state index contributed by atoms with van der Waals surface area (Å²) in [6, 6.07) is 0. The van der Waals surface area contributed by atoms with Gasteiger partial charge < -0.3 is 10.4 Å². The quantitative estimate of drug-likeness (QED) is 0.691. The van der Waals surface area contributed by atoms with Gasteiger partial charge in [-0.2, -0.15) is 8.78 Å². The largest absolute Gasteiger partial charge is 0.480 e. The summed E-state index contributed by atoms with van der Waals surface area (Å²) in [6.07, 6.45) is -3.15. The fraction of sp³-hybridized carbons (Fsp3) is 0.714. The maximum absolute atomic E-state index is 11.8. The van der Waals surface area contributed by atoms with E-state index in [1.807, 2.05) is 0 Å². The van der Waals surface area contributed by atoms with Gasteiger partial charge in [0.25, 0.3) is 5.91 Å². The molecule has 0 aromatic heterocycles. The van der Waals surface area contributed by atoms with Crippen LogP contribution in [0.15, 0.2) is 0 Å². The maximum Gasteiger partial charge on any atom is 0.329 e. The molecule has 0 saturated carbocycles. The molecule has 0 aliphatic rings. The fourth-order valence-corrected chi connectivity index (χ4v) is 0.620. The van der Waals surface area contributed by atoms with E-state index in [-0.39, 0.29) is 6.42 Å². The molecular formula is C7H11F2NO3. The van der Waals surface area contributed by atoms with Crippen LogP contribution in [0.3, 0.4) is 0 Å². The lowest BCUT2D eigenvalue weighted by molar-refractivity contribution is -0.149. The van der Waals surface area contributed by atoms with Crippen molar-refractivity contribution in [1.82, 2.24) is 5.32 Å². The smallest absolute Gasteiger partial charge is 0.329 e. The summed E-state index contributed by atoms with van der Waals surface area (Å²) in [6.45, 7) is 2.66. The van der Waals surface area contributed by atoms with Gasteiger partial charge in [0.1, 0.15) is 5.54 Å². The number of hydrogen-bond donors (Lipinski definition) is 2. The third-order valence-electron chi connectivity index (χ3n) is 1.78. The first-order valence-electron chi connectivity index (χ1n) is 3.67. The lowest BCUT2D eigenvalue weighted by Gasteiger charge is -2.24. The normalized spacial score (nSPS) is 15.2. The summed E-state index contributed by atoms with van der Waals surface area (Å²) in [5.74, 6) is -2.89. The molecule has 1 unspecified atom stereocenters. The Bertz CT molecular complexity index is 220. The molecule has 0 saturated heterocycles. The van der Waals surface area contributed by atoms with Crippen LogP contribution in [0.4, 0.5) is 8.78 Å². The van der Waals surface area contributed by atoms with Crippen LogP contribution in [-0.4, -0.2) is 28.9 Å². The molecule has 76 valence electrons. The highest BCUT2D eigenvalue weighted by Crippen LogP contribution is 2.10. The van der Waals surface area contributed by atoms with Gasteiger partial charge in [0, 0.05) is 0 Å². The highest BCUT2D eigenvalue weighted by Gasteiger charge is 2.34. The molecule has 1 amide bonds. The maximum atomic E-state index is 11.8. The minimum atomic E-state index is -3.19. The van der Waals surface area contributed by atoms with E-state index >= 15 is 0 Å². The van der Waals surface area contributed by atoms with Crippen molar-refractivity contribution >= 4 is 11.9 Å². The van der Waals surface area contributed by atoms with Crippen molar-refractivity contribution in [3.8, 4) is 0 Å². The van der Waals surface area contributed by atoms with E-state index in [1.165, 1.54) is 13.8 Å². The van der Waals surface area contributed by atoms with Crippen LogP contribution in [-0.2, 0) is 9.59 Å². The lowest BCUT2D eigenvalue weighted by Crippen LogP contribution is -2.53. The second-order valence-electron chi connectivity index (χ2n) is 2.78. The number of nitrogens with one attached hydrogen (secondary N) is 1. The van der Waals surface area contributed by atoms with Crippen LogP contribution in [0.5, 0.6) is 0 Å². The van der Waals surface area contributed by atoms with Crippen molar-refractivity contribution in [2.45, 2.75) is 32.2 Å². The van der Waals surface area contributed by atoms with Crippen LogP contribution in [0, 0.1) is 0 Å². The predicted molar refractivity (Wildman–Crippen MR) is 40.5 cm³/mol. The average Bonchev–Trinajstić information content (AvgIpc) is 2.03. The first-order chi connectivity index (χ1) is 5.83. The second-order valence-corrected chi connectivity index (χ2v) is 2.78. The zero-order valence-electron chi connectivity index (χ0n) is 7.30. The van der Waals surface area contributed by atoms with Crippen LogP contribution >= 0.6 is 0 Å². The molecule has 0 rings (SSSR count). The van der Waals surface area contributed by atoms with Gasteiger partial charge in [0.05, 0.1) is 0 Å². The van der Waals surface area contributed by atoms with Crippen molar-refractivity contribution < 1.29 is 23.5 Å². The average molecular weight is 195 g/mol. The molecule has 2 N–H and O–H groups in total. The Labute approximate surface area is 73.9 Å². The number of alkyl halides is 2. The SMILES string of the molecule is CCC(C)(NC(=O)C(F)F)C(=O)O. The van der Waals surface area contributed by atoms with Gasteiger partial charge in [-0.15, -0.1) is 0 Å². The Morgan fingerprint density at radius 2 is 2.00 bits per heavy atom. The molecule has 0 bridgehead atoms. The molecule has 6 heteroatoms. The summed E-state index contributed by atoms with van der Waals surface area (Å²) >= 11 is 0. The zero-order valence-corrected chi connectivity index (χ0v) is 7.30. The van der Waals surface area contributed by atoms with E-state index in [0.29, 0.717) is 0 Å². The molecule has 0 fully saturated rings. The van der Waals surface area contributed by atoms with Crippen molar-refractivity contribution in [2.24, 2.45) is 0 Å². The number of carbonyl (C=O) groups is 2. The zero-order chi connectivity index (χ0) is 10.6. The Morgan fingerprint density at radius 3 is 2.23 bits per heavy atom. The van der Waals surface area contributed by atoms with Gasteiger partial charge in [-0.05, 0) is 13.3 Å². The molecule has 4 nitrogen and oxygen atoms in total. The molecule has 0 radical (unpaired) electrons. The summed E-state index contributed by atoms with van der Waals surface area (Å²) < 4.78 is 23.5. The molecule has 0 aromatic carbocycles. The number of aliphatic carboxylic acids is 1. The van der Waals surface area contributed by atoms with E-state index < -0.39 is 23.8 Å². The third kappa shape index (κ3) is 2.96. The Hall–Kier alpha value is -1.20. The molecule has 1 atom stereocenters. The number of amides is 1. The summed E-state index contributed by atoms with van der Waals surface area (Å²) in [5, 5.41) is 10.4. The van der Waals surface area contributed by atoms with Crippen LogP contribution < -0.4 is 5.32 Å². The summed E-state index contributed by atoms with van der Waals surface area (Å²) in [4.78, 5) is 21.0. The van der Waals surface area contributed by atoms with Crippen molar-refractivity contribution in [1.29, 1.82) is 0 Å². The van der Waals surface area contributed by atoms with Crippen LogP contribution in [0.1, 0.15) is 20.3 Å². The number of carboxylic acids is 1. The summed E-state index contributed by atoms with van der Waals surface area (Å²) in [7, 11) is 0. The molecule has 0 aliphatic heterocycles. The first-order valence-corrected chi connectivity index (χ1v) is 3.67. The Morgan fingerprint density at radius 1 is 1.54 bits per heavy atom. The van der Waals surface area contributed by atoms with E-state index in [1.54, 1.807) is 5.32 Å². The number of carboxylic acid groups (broad SMARTS) is 1. The topological polar surface area (TPSA) is 66.4 Å². The monoisotopic (exact) mass is 195 g/mol. The Balaban J connectivity index is 4.45. The highest BCUT2D eigenvalue weighted by molar-refractivity contribution is 5.87. The standard InChI is InChI=1S/C7H11F2NO3/c1-3-7(2,6(12)13)10-5(11)4(8)9/h4H,3H2,1-2H3,(H,10,11)(H,12,13). The Kier molecular flexibility index (Phi) is 3.77. The van der Waals surface area contributed by atoms with Crippen molar-refractivity contribution in [2.75, 3.05) is 0 Å².